The molecule has 2 aromatic rings. The lowest BCUT2D eigenvalue weighted by molar-refractivity contribution is -0.393. The minimum absolute atomic E-state index is 0.00641. The van der Waals surface area contributed by atoms with E-state index in [1.54, 1.807) is 0 Å². The van der Waals surface area contributed by atoms with Gasteiger partial charge < -0.3 is 10.6 Å². The molecule has 2 aromatic carbocycles. The van der Waals surface area contributed by atoms with Crippen molar-refractivity contribution < 1.29 is 23.4 Å². The Kier molecular flexibility index (Phi) is 5.73. The minimum Gasteiger partial charge on any atom is -0.378 e. The van der Waals surface area contributed by atoms with Crippen LogP contribution in [0.15, 0.2) is 36.4 Å². The van der Waals surface area contributed by atoms with E-state index in [4.69, 9.17) is 0 Å². The molecule has 0 atom stereocenters. The average molecular weight is 366 g/mol. The zero-order valence-corrected chi connectivity index (χ0v) is 13.1. The van der Waals surface area contributed by atoms with Gasteiger partial charge in [-0.15, -0.1) is 0 Å². The Morgan fingerprint density at radius 3 is 2.23 bits per heavy atom. The summed E-state index contributed by atoms with van der Waals surface area (Å²) in [6, 6.07) is 6.05. The standard InChI is InChI=1S/C15H12F2N4O5/c16-10-2-1-3-11(17)14(10)15(22)19-7-6-18-12-5-4-9(20(23)24)8-13(12)21(25)26/h1-5,8,18H,6-7H2,(H,19,22). The number of halogens is 2. The average Bonchev–Trinajstić information content (AvgIpc) is 2.58. The highest BCUT2D eigenvalue weighted by atomic mass is 19.1. The zero-order valence-electron chi connectivity index (χ0n) is 13.1. The molecule has 0 aliphatic rings. The summed E-state index contributed by atoms with van der Waals surface area (Å²) in [5.41, 5.74) is -1.67. The van der Waals surface area contributed by atoms with Crippen LogP contribution in [0.1, 0.15) is 10.4 Å². The van der Waals surface area contributed by atoms with Gasteiger partial charge in [0.15, 0.2) is 0 Å². The van der Waals surface area contributed by atoms with E-state index in [1.807, 2.05) is 0 Å². The summed E-state index contributed by atoms with van der Waals surface area (Å²) in [7, 11) is 0. The molecule has 9 nitrogen and oxygen atoms in total. The van der Waals surface area contributed by atoms with Gasteiger partial charge in [-0.2, -0.15) is 0 Å². The minimum atomic E-state index is -1.01. The van der Waals surface area contributed by atoms with Gasteiger partial charge in [-0.3, -0.25) is 25.0 Å². The van der Waals surface area contributed by atoms with Crippen molar-refractivity contribution in [2.24, 2.45) is 0 Å². The molecular weight excluding hydrogens is 354 g/mol. The molecular formula is C15H12F2N4O5. The number of carbonyl (C=O) groups excluding carboxylic acids is 1. The van der Waals surface area contributed by atoms with E-state index in [-0.39, 0.29) is 18.8 Å². The lowest BCUT2D eigenvalue weighted by Gasteiger charge is -2.09. The summed E-state index contributed by atoms with van der Waals surface area (Å²) in [6.07, 6.45) is 0. The number of non-ortho nitro benzene ring substituents is 1. The molecule has 2 N–H and O–H groups in total. The number of nitro groups is 2. The largest absolute Gasteiger partial charge is 0.378 e. The number of hydrogen-bond donors (Lipinski definition) is 2. The molecule has 0 saturated heterocycles. The van der Waals surface area contributed by atoms with Crippen LogP contribution < -0.4 is 10.6 Å². The van der Waals surface area contributed by atoms with Gasteiger partial charge in [-0.05, 0) is 18.2 Å². The first-order valence-corrected chi connectivity index (χ1v) is 7.20. The van der Waals surface area contributed by atoms with Crippen LogP contribution in [0.3, 0.4) is 0 Å². The molecule has 0 aliphatic heterocycles. The molecule has 0 aromatic heterocycles. The molecule has 0 fully saturated rings. The molecule has 0 unspecified atom stereocenters. The Labute approximate surface area is 144 Å². The van der Waals surface area contributed by atoms with Crippen molar-refractivity contribution in [2.45, 2.75) is 0 Å². The van der Waals surface area contributed by atoms with E-state index in [9.17, 15) is 33.8 Å². The van der Waals surface area contributed by atoms with Crippen LogP contribution in [0.2, 0.25) is 0 Å². The van der Waals surface area contributed by atoms with E-state index >= 15 is 0 Å². The number of nitrogens with one attached hydrogen (secondary N) is 2. The lowest BCUT2D eigenvalue weighted by Crippen LogP contribution is -2.30. The van der Waals surface area contributed by atoms with Gasteiger partial charge in [-0.25, -0.2) is 8.78 Å². The molecule has 136 valence electrons. The third-order valence-electron chi connectivity index (χ3n) is 3.30. The number of benzene rings is 2. The van der Waals surface area contributed by atoms with Crippen LogP contribution in [0, 0.1) is 31.9 Å². The summed E-state index contributed by atoms with van der Waals surface area (Å²) in [6.45, 7) is -0.110. The molecule has 0 saturated carbocycles. The molecule has 0 radical (unpaired) electrons. The Bertz CT molecular complexity index is 855. The van der Waals surface area contributed by atoms with Crippen LogP contribution in [0.25, 0.3) is 0 Å². The van der Waals surface area contributed by atoms with Gasteiger partial charge in [0.1, 0.15) is 22.9 Å². The number of amides is 1. The summed E-state index contributed by atoms with van der Waals surface area (Å²) in [5, 5.41) is 26.6. The van der Waals surface area contributed by atoms with Gasteiger partial charge in [0.05, 0.1) is 15.9 Å². The van der Waals surface area contributed by atoms with Crippen molar-refractivity contribution >= 4 is 23.0 Å². The molecule has 0 bridgehead atoms. The molecule has 0 spiro atoms. The number of carbonyl (C=O) groups is 1. The normalized spacial score (nSPS) is 10.2. The van der Waals surface area contributed by atoms with Crippen LogP contribution in [-0.4, -0.2) is 28.8 Å². The van der Waals surface area contributed by atoms with Crippen molar-refractivity contribution in [1.29, 1.82) is 0 Å². The highest BCUT2D eigenvalue weighted by Crippen LogP contribution is 2.28. The summed E-state index contributed by atoms with van der Waals surface area (Å²) in [4.78, 5) is 31.9. The van der Waals surface area contributed by atoms with Crippen LogP contribution in [-0.2, 0) is 0 Å². The first kappa shape index (κ1) is 18.7. The fourth-order valence-corrected chi connectivity index (χ4v) is 2.11. The maximum absolute atomic E-state index is 13.5. The summed E-state index contributed by atoms with van der Waals surface area (Å²) in [5.74, 6) is -3.00. The molecule has 26 heavy (non-hydrogen) atoms. The van der Waals surface area contributed by atoms with Crippen molar-refractivity contribution in [1.82, 2.24) is 5.32 Å². The molecule has 11 heteroatoms. The number of rotatable bonds is 7. The van der Waals surface area contributed by atoms with Crippen molar-refractivity contribution in [2.75, 3.05) is 18.4 Å². The lowest BCUT2D eigenvalue weighted by atomic mass is 10.2. The van der Waals surface area contributed by atoms with E-state index in [0.717, 1.165) is 36.4 Å². The van der Waals surface area contributed by atoms with Crippen molar-refractivity contribution in [3.05, 3.63) is 73.8 Å². The second kappa shape index (κ2) is 7.96. The van der Waals surface area contributed by atoms with Gasteiger partial charge in [0.25, 0.3) is 17.3 Å². The number of nitro benzene ring substituents is 2. The molecule has 0 aliphatic carbocycles. The molecule has 2 rings (SSSR count). The third-order valence-corrected chi connectivity index (χ3v) is 3.30. The number of hydrogen-bond acceptors (Lipinski definition) is 6. The van der Waals surface area contributed by atoms with E-state index < -0.39 is 44.3 Å². The number of nitrogens with zero attached hydrogens (tertiary/aromatic N) is 2. The SMILES string of the molecule is O=C(NCCNc1ccc([N+](=O)[O-])cc1[N+](=O)[O-])c1c(F)cccc1F. The monoisotopic (exact) mass is 366 g/mol. The predicted molar refractivity (Wildman–Crippen MR) is 86.9 cm³/mol. The Morgan fingerprint density at radius 1 is 1.00 bits per heavy atom. The number of anilines is 1. The Morgan fingerprint density at radius 2 is 1.65 bits per heavy atom. The van der Waals surface area contributed by atoms with Crippen LogP contribution >= 0.6 is 0 Å². The smallest absolute Gasteiger partial charge is 0.299 e. The zero-order chi connectivity index (χ0) is 19.3. The van der Waals surface area contributed by atoms with Gasteiger partial charge in [0, 0.05) is 19.2 Å². The van der Waals surface area contributed by atoms with Gasteiger partial charge in [0.2, 0.25) is 0 Å². The van der Waals surface area contributed by atoms with E-state index in [0.29, 0.717) is 0 Å². The fourth-order valence-electron chi connectivity index (χ4n) is 2.11. The first-order valence-electron chi connectivity index (χ1n) is 7.20. The third kappa shape index (κ3) is 4.26. The highest BCUT2D eigenvalue weighted by Gasteiger charge is 2.19. The second-order valence-corrected chi connectivity index (χ2v) is 5.00. The predicted octanol–water partition coefficient (Wildman–Crippen LogP) is 2.62. The topological polar surface area (TPSA) is 127 Å². The van der Waals surface area contributed by atoms with Gasteiger partial charge >= 0.3 is 0 Å². The van der Waals surface area contributed by atoms with Crippen LogP contribution in [0.4, 0.5) is 25.8 Å². The summed E-state index contributed by atoms with van der Waals surface area (Å²) < 4.78 is 26.9. The maximum Gasteiger partial charge on any atom is 0.299 e. The first-order chi connectivity index (χ1) is 12.3. The summed E-state index contributed by atoms with van der Waals surface area (Å²) >= 11 is 0. The Hall–Kier alpha value is -3.63. The van der Waals surface area contributed by atoms with Crippen molar-refractivity contribution in [3.8, 4) is 0 Å². The van der Waals surface area contributed by atoms with Crippen LogP contribution in [0.5, 0.6) is 0 Å². The molecule has 0 heterocycles. The van der Waals surface area contributed by atoms with E-state index in [2.05, 4.69) is 10.6 Å². The van der Waals surface area contributed by atoms with E-state index in [1.165, 1.54) is 0 Å². The van der Waals surface area contributed by atoms with Crippen molar-refractivity contribution in [3.63, 3.8) is 0 Å². The fraction of sp³-hybridized carbons (Fsp3) is 0.133. The maximum atomic E-state index is 13.5. The highest BCUT2D eigenvalue weighted by molar-refractivity contribution is 5.94. The van der Waals surface area contributed by atoms with Gasteiger partial charge in [-0.1, -0.05) is 6.07 Å². The Balaban J connectivity index is 1.99. The second-order valence-electron chi connectivity index (χ2n) is 5.00. The molecule has 1 amide bonds. The quantitative estimate of drug-likeness (QED) is 0.440.